The maximum Gasteiger partial charge on any atom is 0.270 e. The molecule has 1 saturated carbocycles. The first kappa shape index (κ1) is 23.7. The Labute approximate surface area is 206 Å². The van der Waals surface area contributed by atoms with Gasteiger partial charge < -0.3 is 5.32 Å². The second-order valence-corrected chi connectivity index (χ2v) is 9.98. The molecular weight excluding hydrogens is 442 g/mol. The standard InChI is InChI=1S/C30H32F2N2O/c1-29(31,32)24-15-16-25(26(21-24)22-11-4-2-5-12-22)28(35)33-27(23-13-6-3-7-14-23)30(17-10-18-30)34-19-8-9-20-34/h2-7,11-16,21,27H,8-10,17-20H2,1H3,(H,33,35). The zero-order chi connectivity index (χ0) is 24.5. The summed E-state index contributed by atoms with van der Waals surface area (Å²) in [5.74, 6) is -3.22. The third-order valence-electron chi connectivity index (χ3n) is 7.76. The van der Waals surface area contributed by atoms with Gasteiger partial charge in [-0.3, -0.25) is 9.69 Å². The van der Waals surface area contributed by atoms with Gasteiger partial charge in [0.25, 0.3) is 11.8 Å². The second-order valence-electron chi connectivity index (χ2n) is 9.98. The lowest BCUT2D eigenvalue weighted by molar-refractivity contribution is -0.000430. The van der Waals surface area contributed by atoms with Gasteiger partial charge in [-0.1, -0.05) is 66.7 Å². The number of carbonyl (C=O) groups is 1. The smallest absolute Gasteiger partial charge is 0.270 e. The third kappa shape index (κ3) is 4.62. The van der Waals surface area contributed by atoms with Crippen LogP contribution in [-0.4, -0.2) is 29.4 Å². The molecule has 0 bridgehead atoms. The molecule has 5 heteroatoms. The van der Waals surface area contributed by atoms with E-state index < -0.39 is 5.92 Å². The van der Waals surface area contributed by atoms with Gasteiger partial charge in [0.15, 0.2) is 0 Å². The Bertz CT molecular complexity index is 1160. The zero-order valence-corrected chi connectivity index (χ0v) is 20.1. The van der Waals surface area contributed by atoms with Crippen LogP contribution in [0, 0.1) is 0 Å². The van der Waals surface area contributed by atoms with Gasteiger partial charge >= 0.3 is 0 Å². The summed E-state index contributed by atoms with van der Waals surface area (Å²) in [4.78, 5) is 16.4. The molecule has 5 rings (SSSR count). The summed E-state index contributed by atoms with van der Waals surface area (Å²) < 4.78 is 28.4. The first-order valence-electron chi connectivity index (χ1n) is 12.6. The van der Waals surface area contributed by atoms with Gasteiger partial charge in [-0.15, -0.1) is 0 Å². The Morgan fingerprint density at radius 3 is 2.11 bits per heavy atom. The summed E-state index contributed by atoms with van der Waals surface area (Å²) in [5.41, 5.74) is 2.58. The average Bonchev–Trinajstić information content (AvgIpc) is 3.38. The molecular formula is C30H32F2N2O. The Balaban J connectivity index is 1.55. The number of nitrogens with zero attached hydrogens (tertiary/aromatic N) is 1. The fourth-order valence-corrected chi connectivity index (χ4v) is 5.74. The summed E-state index contributed by atoms with van der Waals surface area (Å²) in [6.45, 7) is 2.99. The zero-order valence-electron chi connectivity index (χ0n) is 20.1. The highest BCUT2D eigenvalue weighted by molar-refractivity contribution is 6.01. The number of benzene rings is 3. The molecule has 1 aliphatic heterocycles. The maximum atomic E-state index is 14.2. The number of carbonyl (C=O) groups excluding carboxylic acids is 1. The molecule has 1 N–H and O–H groups in total. The molecule has 0 aromatic heterocycles. The van der Waals surface area contributed by atoms with Crippen LogP contribution in [0.4, 0.5) is 8.78 Å². The van der Waals surface area contributed by atoms with Gasteiger partial charge in [-0.2, -0.15) is 0 Å². The molecule has 1 saturated heterocycles. The van der Waals surface area contributed by atoms with Gasteiger partial charge in [-0.25, -0.2) is 8.78 Å². The van der Waals surface area contributed by atoms with Gasteiger partial charge in [-0.05, 0) is 74.0 Å². The number of hydrogen-bond acceptors (Lipinski definition) is 2. The van der Waals surface area contributed by atoms with E-state index in [0.29, 0.717) is 11.1 Å². The predicted molar refractivity (Wildman–Crippen MR) is 135 cm³/mol. The van der Waals surface area contributed by atoms with Crippen molar-refractivity contribution >= 4 is 5.91 Å². The number of hydrogen-bond donors (Lipinski definition) is 1. The van der Waals surface area contributed by atoms with Gasteiger partial charge in [0.2, 0.25) is 0 Å². The molecule has 1 unspecified atom stereocenters. The molecule has 182 valence electrons. The first-order valence-corrected chi connectivity index (χ1v) is 12.6. The van der Waals surface area contributed by atoms with Crippen LogP contribution >= 0.6 is 0 Å². The molecule has 1 aliphatic carbocycles. The quantitative estimate of drug-likeness (QED) is 0.402. The number of alkyl halides is 2. The van der Waals surface area contributed by atoms with Crippen molar-refractivity contribution in [3.63, 3.8) is 0 Å². The van der Waals surface area contributed by atoms with Crippen molar-refractivity contribution < 1.29 is 13.6 Å². The lowest BCUT2D eigenvalue weighted by Gasteiger charge is -2.54. The van der Waals surface area contributed by atoms with Crippen LogP contribution in [0.25, 0.3) is 11.1 Å². The third-order valence-corrected chi connectivity index (χ3v) is 7.76. The summed E-state index contributed by atoms with van der Waals surface area (Å²) >= 11 is 0. The van der Waals surface area contributed by atoms with Gasteiger partial charge in [0.05, 0.1) is 6.04 Å². The SMILES string of the molecule is CC(F)(F)c1ccc(C(=O)NC(c2ccccc2)C2(N3CCCC3)CCC2)c(-c2ccccc2)c1. The molecule has 3 aromatic rings. The topological polar surface area (TPSA) is 32.3 Å². The minimum atomic E-state index is -2.99. The van der Waals surface area contributed by atoms with E-state index in [4.69, 9.17) is 0 Å². The van der Waals surface area contributed by atoms with E-state index in [-0.39, 0.29) is 23.1 Å². The van der Waals surface area contributed by atoms with E-state index in [1.807, 2.05) is 48.5 Å². The fourth-order valence-electron chi connectivity index (χ4n) is 5.74. The van der Waals surface area contributed by atoms with Crippen molar-refractivity contribution in [3.05, 3.63) is 95.6 Å². The summed E-state index contributed by atoms with van der Waals surface area (Å²) in [5, 5.41) is 3.37. The van der Waals surface area contributed by atoms with Crippen molar-refractivity contribution in [1.29, 1.82) is 0 Å². The average molecular weight is 475 g/mol. The summed E-state index contributed by atoms with van der Waals surface area (Å²) in [6, 6.07) is 23.7. The van der Waals surface area contributed by atoms with Crippen LogP contribution in [0.3, 0.4) is 0 Å². The van der Waals surface area contributed by atoms with Crippen LogP contribution < -0.4 is 5.32 Å². The van der Waals surface area contributed by atoms with Crippen LogP contribution in [0.2, 0.25) is 0 Å². The fraction of sp³-hybridized carbons (Fsp3) is 0.367. The van der Waals surface area contributed by atoms with Crippen LogP contribution in [0.1, 0.15) is 66.6 Å². The predicted octanol–water partition coefficient (Wildman–Crippen LogP) is 6.95. The lowest BCUT2D eigenvalue weighted by Crippen LogP contribution is -2.60. The molecule has 0 radical (unpaired) electrons. The minimum Gasteiger partial charge on any atom is -0.343 e. The lowest BCUT2D eigenvalue weighted by atomic mass is 9.68. The maximum absolute atomic E-state index is 14.2. The Morgan fingerprint density at radius 2 is 1.54 bits per heavy atom. The van der Waals surface area contributed by atoms with Crippen molar-refractivity contribution in [2.75, 3.05) is 13.1 Å². The molecule has 1 amide bonds. The van der Waals surface area contributed by atoms with Gasteiger partial charge in [0.1, 0.15) is 0 Å². The van der Waals surface area contributed by atoms with Crippen LogP contribution in [0.5, 0.6) is 0 Å². The Hall–Kier alpha value is -3.05. The van der Waals surface area contributed by atoms with Crippen LogP contribution in [0.15, 0.2) is 78.9 Å². The monoisotopic (exact) mass is 474 g/mol. The number of likely N-dealkylation sites (tertiary alicyclic amines) is 1. The molecule has 2 fully saturated rings. The number of rotatable bonds is 7. The van der Waals surface area contributed by atoms with Crippen molar-refractivity contribution in [1.82, 2.24) is 10.2 Å². The molecule has 2 aliphatic rings. The normalized spacial score (nSPS) is 18.6. The van der Waals surface area contributed by atoms with E-state index in [2.05, 4.69) is 22.3 Å². The second kappa shape index (κ2) is 9.54. The summed E-state index contributed by atoms with van der Waals surface area (Å²) in [7, 11) is 0. The van der Waals surface area contributed by atoms with E-state index in [0.717, 1.165) is 50.4 Å². The first-order chi connectivity index (χ1) is 16.9. The number of amides is 1. The van der Waals surface area contributed by atoms with E-state index in [9.17, 15) is 13.6 Å². The van der Waals surface area contributed by atoms with Crippen molar-refractivity contribution in [3.8, 4) is 11.1 Å². The summed E-state index contributed by atoms with van der Waals surface area (Å²) in [6.07, 6.45) is 5.59. The molecule has 0 spiro atoms. The Morgan fingerprint density at radius 1 is 0.914 bits per heavy atom. The van der Waals surface area contributed by atoms with E-state index in [1.54, 1.807) is 6.07 Å². The highest BCUT2D eigenvalue weighted by atomic mass is 19.3. The number of halogens is 2. The molecule has 3 aromatic carbocycles. The molecule has 1 heterocycles. The number of nitrogens with one attached hydrogen (secondary N) is 1. The van der Waals surface area contributed by atoms with E-state index >= 15 is 0 Å². The largest absolute Gasteiger partial charge is 0.343 e. The molecule has 35 heavy (non-hydrogen) atoms. The van der Waals surface area contributed by atoms with E-state index in [1.165, 1.54) is 25.0 Å². The van der Waals surface area contributed by atoms with Crippen LogP contribution in [-0.2, 0) is 5.92 Å². The minimum absolute atomic E-state index is 0.0972. The molecule has 1 atom stereocenters. The van der Waals surface area contributed by atoms with Crippen molar-refractivity contribution in [2.24, 2.45) is 0 Å². The van der Waals surface area contributed by atoms with Gasteiger partial charge in [0, 0.05) is 23.6 Å². The Kier molecular flexibility index (Phi) is 6.45. The van der Waals surface area contributed by atoms with Crippen molar-refractivity contribution in [2.45, 2.75) is 56.5 Å². The molecule has 3 nitrogen and oxygen atoms in total. The highest BCUT2D eigenvalue weighted by Gasteiger charge is 2.50. The highest BCUT2D eigenvalue weighted by Crippen LogP contribution is 2.48.